The lowest BCUT2D eigenvalue weighted by Crippen LogP contribution is -2.28. The van der Waals surface area contributed by atoms with E-state index in [1.165, 1.54) is 11.1 Å². The Morgan fingerprint density at radius 1 is 1.47 bits per heavy atom. The highest BCUT2D eigenvalue weighted by atomic mass is 15.2. The van der Waals surface area contributed by atoms with Gasteiger partial charge in [-0.15, -0.1) is 0 Å². The van der Waals surface area contributed by atoms with Gasteiger partial charge < -0.3 is 5.73 Å². The SMILES string of the molecule is Cc1cccc(C(C)N2CC[C@@H](N)C2)c1. The zero-order chi connectivity index (χ0) is 10.8. The molecule has 1 saturated heterocycles. The third kappa shape index (κ3) is 2.39. The number of hydrogen-bond acceptors (Lipinski definition) is 2. The largest absolute Gasteiger partial charge is 0.326 e. The van der Waals surface area contributed by atoms with Gasteiger partial charge in [0.15, 0.2) is 0 Å². The first-order valence-electron chi connectivity index (χ1n) is 5.73. The summed E-state index contributed by atoms with van der Waals surface area (Å²) in [6, 6.07) is 9.63. The van der Waals surface area contributed by atoms with Gasteiger partial charge >= 0.3 is 0 Å². The molecule has 0 saturated carbocycles. The number of likely N-dealkylation sites (tertiary alicyclic amines) is 1. The van der Waals surface area contributed by atoms with Crippen molar-refractivity contribution in [2.24, 2.45) is 5.73 Å². The molecule has 0 bridgehead atoms. The van der Waals surface area contributed by atoms with Crippen LogP contribution in [0.3, 0.4) is 0 Å². The van der Waals surface area contributed by atoms with E-state index in [-0.39, 0.29) is 0 Å². The minimum Gasteiger partial charge on any atom is -0.326 e. The first-order chi connectivity index (χ1) is 7.16. The molecule has 1 aromatic carbocycles. The minimum atomic E-state index is 0.372. The summed E-state index contributed by atoms with van der Waals surface area (Å²) in [5.74, 6) is 0. The quantitative estimate of drug-likeness (QED) is 0.799. The van der Waals surface area contributed by atoms with E-state index in [0.29, 0.717) is 12.1 Å². The van der Waals surface area contributed by atoms with Crippen molar-refractivity contribution in [1.82, 2.24) is 4.90 Å². The molecule has 1 heterocycles. The summed E-state index contributed by atoms with van der Waals surface area (Å²) in [7, 11) is 0. The standard InChI is InChI=1S/C13H20N2/c1-10-4-3-5-12(8-10)11(2)15-7-6-13(14)9-15/h3-5,8,11,13H,6-7,9,14H2,1-2H3/t11?,13-/m1/s1. The molecule has 1 aliphatic heterocycles. The summed E-state index contributed by atoms with van der Waals surface area (Å²) >= 11 is 0. The van der Waals surface area contributed by atoms with Gasteiger partial charge in [0.2, 0.25) is 0 Å². The summed E-state index contributed by atoms with van der Waals surface area (Å²) < 4.78 is 0. The number of rotatable bonds is 2. The summed E-state index contributed by atoms with van der Waals surface area (Å²) in [5.41, 5.74) is 8.67. The molecule has 2 N–H and O–H groups in total. The molecule has 2 atom stereocenters. The van der Waals surface area contributed by atoms with Crippen LogP contribution < -0.4 is 5.73 Å². The Morgan fingerprint density at radius 2 is 2.27 bits per heavy atom. The van der Waals surface area contributed by atoms with Gasteiger partial charge in [-0.2, -0.15) is 0 Å². The highest BCUT2D eigenvalue weighted by Crippen LogP contribution is 2.24. The Hall–Kier alpha value is -0.860. The molecule has 2 nitrogen and oxygen atoms in total. The van der Waals surface area contributed by atoms with Crippen LogP contribution in [0.2, 0.25) is 0 Å². The van der Waals surface area contributed by atoms with Gasteiger partial charge in [0.05, 0.1) is 0 Å². The molecule has 0 aromatic heterocycles. The maximum absolute atomic E-state index is 5.93. The maximum atomic E-state index is 5.93. The van der Waals surface area contributed by atoms with Crippen LogP contribution in [-0.2, 0) is 0 Å². The summed E-state index contributed by atoms with van der Waals surface area (Å²) in [6.45, 7) is 6.59. The smallest absolute Gasteiger partial charge is 0.0320 e. The highest BCUT2D eigenvalue weighted by Gasteiger charge is 2.24. The Morgan fingerprint density at radius 3 is 2.87 bits per heavy atom. The van der Waals surface area contributed by atoms with Gasteiger partial charge in [0.25, 0.3) is 0 Å². The first kappa shape index (κ1) is 10.7. The van der Waals surface area contributed by atoms with Crippen LogP contribution in [0.4, 0.5) is 0 Å². The predicted molar refractivity (Wildman–Crippen MR) is 63.8 cm³/mol. The maximum Gasteiger partial charge on any atom is 0.0320 e. The van der Waals surface area contributed by atoms with Crippen molar-refractivity contribution < 1.29 is 0 Å². The van der Waals surface area contributed by atoms with Crippen LogP contribution in [0, 0.1) is 6.92 Å². The molecule has 82 valence electrons. The third-order valence-electron chi connectivity index (χ3n) is 3.33. The molecule has 1 aliphatic rings. The molecule has 1 fully saturated rings. The van der Waals surface area contributed by atoms with E-state index in [1.54, 1.807) is 0 Å². The van der Waals surface area contributed by atoms with Crippen molar-refractivity contribution >= 4 is 0 Å². The second kappa shape index (κ2) is 4.33. The Labute approximate surface area is 92.1 Å². The normalized spacial score (nSPS) is 24.3. The Balaban J connectivity index is 2.10. The number of hydrogen-bond donors (Lipinski definition) is 1. The summed E-state index contributed by atoms with van der Waals surface area (Å²) in [4.78, 5) is 2.47. The van der Waals surface area contributed by atoms with Crippen molar-refractivity contribution in [3.63, 3.8) is 0 Å². The van der Waals surface area contributed by atoms with Gasteiger partial charge in [-0.25, -0.2) is 0 Å². The average Bonchev–Trinajstić information content (AvgIpc) is 2.64. The fraction of sp³-hybridized carbons (Fsp3) is 0.538. The van der Waals surface area contributed by atoms with Crippen LogP contribution >= 0.6 is 0 Å². The Kier molecular flexibility index (Phi) is 3.08. The molecule has 0 radical (unpaired) electrons. The van der Waals surface area contributed by atoms with Crippen LogP contribution in [0.1, 0.15) is 30.5 Å². The minimum absolute atomic E-state index is 0.372. The zero-order valence-corrected chi connectivity index (χ0v) is 9.61. The second-order valence-electron chi connectivity index (χ2n) is 4.63. The number of benzene rings is 1. The van der Waals surface area contributed by atoms with Crippen molar-refractivity contribution in [1.29, 1.82) is 0 Å². The molecule has 15 heavy (non-hydrogen) atoms. The number of nitrogens with zero attached hydrogens (tertiary/aromatic N) is 1. The highest BCUT2D eigenvalue weighted by molar-refractivity contribution is 5.24. The molecule has 2 heteroatoms. The van der Waals surface area contributed by atoms with E-state index in [0.717, 1.165) is 19.5 Å². The molecular weight excluding hydrogens is 184 g/mol. The number of aryl methyl sites for hydroxylation is 1. The molecular formula is C13H20N2. The van der Waals surface area contributed by atoms with Crippen LogP contribution in [0.25, 0.3) is 0 Å². The topological polar surface area (TPSA) is 29.3 Å². The first-order valence-corrected chi connectivity index (χ1v) is 5.73. The number of nitrogens with two attached hydrogens (primary N) is 1. The van der Waals surface area contributed by atoms with Crippen molar-refractivity contribution in [2.45, 2.75) is 32.4 Å². The van der Waals surface area contributed by atoms with Gasteiger partial charge in [0, 0.05) is 25.2 Å². The lowest BCUT2D eigenvalue weighted by molar-refractivity contribution is 0.260. The third-order valence-corrected chi connectivity index (χ3v) is 3.33. The van der Waals surface area contributed by atoms with Crippen LogP contribution in [0.5, 0.6) is 0 Å². The summed E-state index contributed by atoms with van der Waals surface area (Å²) in [5, 5.41) is 0. The molecule has 1 aromatic rings. The zero-order valence-electron chi connectivity index (χ0n) is 9.61. The van der Waals surface area contributed by atoms with Crippen LogP contribution in [0.15, 0.2) is 24.3 Å². The molecule has 1 unspecified atom stereocenters. The molecule has 0 spiro atoms. The van der Waals surface area contributed by atoms with E-state index in [4.69, 9.17) is 5.73 Å². The van der Waals surface area contributed by atoms with Gasteiger partial charge in [-0.1, -0.05) is 29.8 Å². The van der Waals surface area contributed by atoms with Crippen molar-refractivity contribution in [3.8, 4) is 0 Å². The van der Waals surface area contributed by atoms with E-state index >= 15 is 0 Å². The molecule has 0 amide bonds. The second-order valence-corrected chi connectivity index (χ2v) is 4.63. The van der Waals surface area contributed by atoms with Gasteiger partial charge in [-0.3, -0.25) is 4.90 Å². The van der Waals surface area contributed by atoms with Crippen LogP contribution in [-0.4, -0.2) is 24.0 Å². The van der Waals surface area contributed by atoms with Crippen molar-refractivity contribution in [3.05, 3.63) is 35.4 Å². The van der Waals surface area contributed by atoms with Crippen molar-refractivity contribution in [2.75, 3.05) is 13.1 Å². The Bertz CT molecular complexity index is 335. The fourth-order valence-electron chi connectivity index (χ4n) is 2.31. The molecule has 2 rings (SSSR count). The van der Waals surface area contributed by atoms with E-state index in [9.17, 15) is 0 Å². The lowest BCUT2D eigenvalue weighted by atomic mass is 10.0. The monoisotopic (exact) mass is 204 g/mol. The van der Waals surface area contributed by atoms with E-state index in [2.05, 4.69) is 43.0 Å². The average molecular weight is 204 g/mol. The van der Waals surface area contributed by atoms with E-state index < -0.39 is 0 Å². The van der Waals surface area contributed by atoms with E-state index in [1.807, 2.05) is 0 Å². The summed E-state index contributed by atoms with van der Waals surface area (Å²) in [6.07, 6.45) is 1.14. The van der Waals surface area contributed by atoms with Gasteiger partial charge in [0.1, 0.15) is 0 Å². The fourth-order valence-corrected chi connectivity index (χ4v) is 2.31. The lowest BCUT2D eigenvalue weighted by Gasteiger charge is -2.24. The molecule has 0 aliphatic carbocycles. The predicted octanol–water partition coefficient (Wildman–Crippen LogP) is 2.09. The van der Waals surface area contributed by atoms with Gasteiger partial charge in [-0.05, 0) is 25.8 Å².